The van der Waals surface area contributed by atoms with Crippen molar-refractivity contribution in [2.24, 2.45) is 0 Å². The van der Waals surface area contributed by atoms with Crippen molar-refractivity contribution in [2.75, 3.05) is 39.3 Å². The second-order valence-corrected chi connectivity index (χ2v) is 4.24. The normalized spacial score (nSPS) is 29.4. The Kier molecular flexibility index (Phi) is 3.37. The predicted molar refractivity (Wildman–Crippen MR) is 55.1 cm³/mol. The molecule has 0 aliphatic carbocycles. The maximum Gasteiger partial charge on any atom is 0.209 e. The van der Waals surface area contributed by atoms with Gasteiger partial charge in [-0.3, -0.25) is 9.69 Å². The van der Waals surface area contributed by atoms with Crippen molar-refractivity contribution in [3.05, 3.63) is 0 Å². The highest BCUT2D eigenvalue weighted by Gasteiger charge is 2.20. The predicted octanol–water partition coefficient (Wildman–Crippen LogP) is -0.488. The number of carbonyl (C=O) groups excluding carboxylic acids is 1. The highest BCUT2D eigenvalue weighted by atomic mass is 16.1. The van der Waals surface area contributed by atoms with Gasteiger partial charge in [-0.1, -0.05) is 0 Å². The fourth-order valence-electron chi connectivity index (χ4n) is 2.28. The molecular weight excluding hydrogens is 178 g/mol. The lowest BCUT2D eigenvalue weighted by atomic mass is 10.2. The topological polar surface area (TPSA) is 35.6 Å². The number of nitrogens with zero attached hydrogens (tertiary/aromatic N) is 2. The van der Waals surface area contributed by atoms with E-state index in [9.17, 15) is 4.79 Å². The van der Waals surface area contributed by atoms with Crippen LogP contribution in [0.15, 0.2) is 0 Å². The van der Waals surface area contributed by atoms with Crippen molar-refractivity contribution < 1.29 is 4.79 Å². The minimum Gasteiger partial charge on any atom is -0.343 e. The van der Waals surface area contributed by atoms with E-state index in [1.54, 1.807) is 0 Å². The van der Waals surface area contributed by atoms with E-state index in [4.69, 9.17) is 0 Å². The number of piperazine rings is 1. The van der Waals surface area contributed by atoms with Gasteiger partial charge in [-0.15, -0.1) is 0 Å². The quantitative estimate of drug-likeness (QED) is 0.620. The fourth-order valence-corrected chi connectivity index (χ4v) is 2.28. The van der Waals surface area contributed by atoms with E-state index >= 15 is 0 Å². The molecule has 2 aliphatic rings. The summed E-state index contributed by atoms with van der Waals surface area (Å²) in [5.74, 6) is 0. The summed E-state index contributed by atoms with van der Waals surface area (Å²) in [5, 5.41) is 3.50. The Morgan fingerprint density at radius 2 is 2.07 bits per heavy atom. The van der Waals surface area contributed by atoms with Crippen LogP contribution in [0, 0.1) is 0 Å². The molecule has 2 fully saturated rings. The lowest BCUT2D eigenvalue weighted by Gasteiger charge is -2.33. The summed E-state index contributed by atoms with van der Waals surface area (Å²) in [5.41, 5.74) is 0. The van der Waals surface area contributed by atoms with Crippen LogP contribution in [0.2, 0.25) is 0 Å². The van der Waals surface area contributed by atoms with E-state index < -0.39 is 0 Å². The van der Waals surface area contributed by atoms with E-state index in [1.165, 1.54) is 19.4 Å². The zero-order valence-corrected chi connectivity index (χ0v) is 8.61. The highest BCUT2D eigenvalue weighted by molar-refractivity contribution is 5.47. The van der Waals surface area contributed by atoms with Gasteiger partial charge in [0.2, 0.25) is 6.41 Å². The molecule has 1 N–H and O–H groups in total. The summed E-state index contributed by atoms with van der Waals surface area (Å²) >= 11 is 0. The SMILES string of the molecule is O=CN1CCN(CC2CCCN2)CC1. The van der Waals surface area contributed by atoms with Gasteiger partial charge in [0.15, 0.2) is 0 Å². The lowest BCUT2D eigenvalue weighted by molar-refractivity contribution is -0.119. The Morgan fingerprint density at radius 1 is 1.29 bits per heavy atom. The Bertz CT molecular complexity index is 184. The Balaban J connectivity index is 1.69. The molecule has 1 unspecified atom stereocenters. The molecular formula is C10H19N3O. The molecule has 0 aromatic rings. The number of amides is 1. The molecule has 0 aromatic heterocycles. The Labute approximate surface area is 85.2 Å². The lowest BCUT2D eigenvalue weighted by Crippen LogP contribution is -2.49. The molecule has 2 rings (SSSR count). The zero-order chi connectivity index (χ0) is 9.80. The van der Waals surface area contributed by atoms with E-state index in [0.29, 0.717) is 6.04 Å². The monoisotopic (exact) mass is 197 g/mol. The van der Waals surface area contributed by atoms with Gasteiger partial charge in [0, 0.05) is 38.8 Å². The van der Waals surface area contributed by atoms with Crippen molar-refractivity contribution in [2.45, 2.75) is 18.9 Å². The van der Waals surface area contributed by atoms with Crippen LogP contribution in [0.5, 0.6) is 0 Å². The molecule has 2 saturated heterocycles. The molecule has 0 radical (unpaired) electrons. The second-order valence-electron chi connectivity index (χ2n) is 4.24. The van der Waals surface area contributed by atoms with Crippen molar-refractivity contribution in [3.8, 4) is 0 Å². The van der Waals surface area contributed by atoms with E-state index in [1.807, 2.05) is 4.90 Å². The first-order valence-corrected chi connectivity index (χ1v) is 5.53. The maximum absolute atomic E-state index is 10.5. The molecule has 4 nitrogen and oxygen atoms in total. The first-order valence-electron chi connectivity index (χ1n) is 5.53. The minimum absolute atomic E-state index is 0.692. The molecule has 1 amide bonds. The van der Waals surface area contributed by atoms with E-state index in [0.717, 1.165) is 39.1 Å². The van der Waals surface area contributed by atoms with Gasteiger partial charge < -0.3 is 10.2 Å². The number of hydrogen-bond acceptors (Lipinski definition) is 3. The van der Waals surface area contributed by atoms with Gasteiger partial charge in [0.1, 0.15) is 0 Å². The molecule has 1 atom stereocenters. The second kappa shape index (κ2) is 4.75. The molecule has 80 valence electrons. The van der Waals surface area contributed by atoms with Crippen LogP contribution in [0.3, 0.4) is 0 Å². The van der Waals surface area contributed by atoms with E-state index in [2.05, 4.69) is 10.2 Å². The maximum atomic E-state index is 10.5. The van der Waals surface area contributed by atoms with Crippen LogP contribution in [0.1, 0.15) is 12.8 Å². The number of carbonyl (C=O) groups is 1. The molecule has 4 heteroatoms. The number of hydrogen-bond donors (Lipinski definition) is 1. The number of nitrogens with one attached hydrogen (secondary N) is 1. The Morgan fingerprint density at radius 3 is 2.64 bits per heavy atom. The van der Waals surface area contributed by atoms with Gasteiger partial charge in [-0.05, 0) is 19.4 Å². The molecule has 2 heterocycles. The van der Waals surface area contributed by atoms with Gasteiger partial charge in [0.25, 0.3) is 0 Å². The summed E-state index contributed by atoms with van der Waals surface area (Å²) in [6, 6.07) is 0.692. The zero-order valence-electron chi connectivity index (χ0n) is 8.61. The highest BCUT2D eigenvalue weighted by Crippen LogP contribution is 2.08. The third kappa shape index (κ3) is 2.45. The van der Waals surface area contributed by atoms with Crippen molar-refractivity contribution in [3.63, 3.8) is 0 Å². The van der Waals surface area contributed by atoms with Crippen molar-refractivity contribution in [1.29, 1.82) is 0 Å². The van der Waals surface area contributed by atoms with Gasteiger partial charge in [-0.25, -0.2) is 0 Å². The van der Waals surface area contributed by atoms with Crippen LogP contribution in [0.25, 0.3) is 0 Å². The first-order chi connectivity index (χ1) is 6.88. The average Bonchev–Trinajstić information content (AvgIpc) is 2.72. The minimum atomic E-state index is 0.692. The molecule has 14 heavy (non-hydrogen) atoms. The van der Waals surface area contributed by atoms with Crippen LogP contribution in [0.4, 0.5) is 0 Å². The summed E-state index contributed by atoms with van der Waals surface area (Å²) in [6.45, 7) is 6.21. The van der Waals surface area contributed by atoms with Crippen LogP contribution >= 0.6 is 0 Å². The molecule has 2 aliphatic heterocycles. The van der Waals surface area contributed by atoms with Crippen LogP contribution in [-0.2, 0) is 4.79 Å². The summed E-state index contributed by atoms with van der Waals surface area (Å²) < 4.78 is 0. The standard InChI is InChI=1S/C10H19N3O/c14-9-13-6-4-12(5-7-13)8-10-2-1-3-11-10/h9-11H,1-8H2. The smallest absolute Gasteiger partial charge is 0.209 e. The van der Waals surface area contributed by atoms with Gasteiger partial charge >= 0.3 is 0 Å². The molecule has 0 saturated carbocycles. The third-order valence-corrected chi connectivity index (χ3v) is 3.20. The molecule has 0 spiro atoms. The molecule has 0 bridgehead atoms. The van der Waals surface area contributed by atoms with Crippen LogP contribution in [-0.4, -0.2) is 61.5 Å². The summed E-state index contributed by atoms with van der Waals surface area (Å²) in [4.78, 5) is 14.8. The number of rotatable bonds is 3. The third-order valence-electron chi connectivity index (χ3n) is 3.20. The van der Waals surface area contributed by atoms with Gasteiger partial charge in [-0.2, -0.15) is 0 Å². The summed E-state index contributed by atoms with van der Waals surface area (Å²) in [6.07, 6.45) is 3.60. The first kappa shape index (κ1) is 9.93. The largest absolute Gasteiger partial charge is 0.343 e. The Hall–Kier alpha value is -0.610. The fraction of sp³-hybridized carbons (Fsp3) is 0.900. The summed E-state index contributed by atoms with van der Waals surface area (Å²) in [7, 11) is 0. The van der Waals surface area contributed by atoms with Crippen LogP contribution < -0.4 is 5.32 Å². The molecule has 0 aromatic carbocycles. The average molecular weight is 197 g/mol. The van der Waals surface area contributed by atoms with Crippen molar-refractivity contribution >= 4 is 6.41 Å². The van der Waals surface area contributed by atoms with Crippen molar-refractivity contribution in [1.82, 2.24) is 15.1 Å². The van der Waals surface area contributed by atoms with Gasteiger partial charge in [0.05, 0.1) is 0 Å². The van der Waals surface area contributed by atoms with E-state index in [-0.39, 0.29) is 0 Å².